The Hall–Kier alpha value is -3.16. The quantitative estimate of drug-likeness (QED) is 0.407. The lowest BCUT2D eigenvalue weighted by Crippen LogP contribution is -2.50. The molecule has 1 N–H and O–H groups in total. The van der Waals surface area contributed by atoms with Gasteiger partial charge in [0.1, 0.15) is 11.8 Å². The van der Waals surface area contributed by atoms with E-state index in [0.717, 1.165) is 11.3 Å². The van der Waals surface area contributed by atoms with Crippen molar-refractivity contribution >= 4 is 29.4 Å². The molecule has 0 unspecified atom stereocenters. The van der Waals surface area contributed by atoms with Crippen molar-refractivity contribution in [2.24, 2.45) is 29.6 Å². The molecule has 1 aromatic rings. The van der Waals surface area contributed by atoms with Gasteiger partial charge in [-0.3, -0.25) is 19.3 Å². The number of hydrogen-bond acceptors (Lipinski definition) is 6. The lowest BCUT2D eigenvalue weighted by molar-refractivity contribution is -0.162. The molecule has 1 aromatic carbocycles. The van der Waals surface area contributed by atoms with Gasteiger partial charge in [-0.05, 0) is 36.3 Å². The zero-order valence-electron chi connectivity index (χ0n) is 17.7. The average molecular weight is 426 g/mol. The number of carbonyl (C=O) groups is 4. The van der Waals surface area contributed by atoms with Crippen LogP contribution < -0.4 is 10.1 Å². The van der Waals surface area contributed by atoms with Crippen molar-refractivity contribution in [2.75, 3.05) is 19.0 Å². The number of amides is 3. The molecule has 3 amide bonds. The minimum absolute atomic E-state index is 0.0638. The van der Waals surface area contributed by atoms with Gasteiger partial charge in [-0.15, -0.1) is 0 Å². The van der Waals surface area contributed by atoms with Crippen molar-refractivity contribution in [1.82, 2.24) is 4.90 Å². The number of ether oxygens (including phenoxy) is 2. The maximum atomic E-state index is 13.0. The molecule has 1 heterocycles. The highest BCUT2D eigenvalue weighted by Crippen LogP contribution is 2.53. The van der Waals surface area contributed by atoms with Crippen molar-refractivity contribution in [1.29, 1.82) is 0 Å². The zero-order chi connectivity index (χ0) is 22.3. The first-order valence-electron chi connectivity index (χ1n) is 10.5. The first kappa shape index (κ1) is 21.1. The number of imide groups is 1. The number of nitrogens with one attached hydrogen (secondary N) is 1. The second-order valence-electron chi connectivity index (χ2n) is 8.62. The van der Waals surface area contributed by atoms with Gasteiger partial charge >= 0.3 is 5.97 Å². The highest BCUT2D eigenvalue weighted by molar-refractivity contribution is 6.09. The van der Waals surface area contributed by atoms with E-state index in [-0.39, 0.29) is 41.4 Å². The van der Waals surface area contributed by atoms with Crippen LogP contribution in [0.3, 0.4) is 0 Å². The molecule has 8 nitrogen and oxygen atoms in total. The second kappa shape index (κ2) is 8.17. The number of esters is 1. The lowest BCUT2D eigenvalue weighted by atomic mass is 9.85. The average Bonchev–Trinajstić information content (AvgIpc) is 3.42. The molecule has 164 valence electrons. The van der Waals surface area contributed by atoms with Gasteiger partial charge in [0.2, 0.25) is 11.8 Å². The van der Waals surface area contributed by atoms with Gasteiger partial charge in [-0.1, -0.05) is 32.1 Å². The number of carbonyl (C=O) groups excluding carboxylic acids is 4. The highest BCUT2D eigenvalue weighted by atomic mass is 16.5. The van der Waals surface area contributed by atoms with E-state index in [1.54, 1.807) is 38.1 Å². The summed E-state index contributed by atoms with van der Waals surface area (Å²) in [7, 11) is 1.52. The Morgan fingerprint density at radius 3 is 2.35 bits per heavy atom. The molecule has 0 radical (unpaired) electrons. The van der Waals surface area contributed by atoms with Crippen molar-refractivity contribution in [3.63, 3.8) is 0 Å². The van der Waals surface area contributed by atoms with Crippen LogP contribution in [-0.2, 0) is 23.9 Å². The fourth-order valence-corrected chi connectivity index (χ4v) is 5.00. The number of nitrogens with zero attached hydrogens (tertiary/aromatic N) is 1. The number of likely N-dealkylation sites (tertiary alicyclic amines) is 1. The summed E-state index contributed by atoms with van der Waals surface area (Å²) in [6, 6.07) is 5.73. The highest BCUT2D eigenvalue weighted by Gasteiger charge is 2.61. The number of methoxy groups -OCH3 is 1. The molecule has 0 spiro atoms. The third-order valence-electron chi connectivity index (χ3n) is 6.35. The van der Waals surface area contributed by atoms with Gasteiger partial charge in [0.05, 0.1) is 18.9 Å². The molecule has 2 bridgehead atoms. The summed E-state index contributed by atoms with van der Waals surface area (Å²) in [6.07, 6.45) is 4.83. The van der Waals surface area contributed by atoms with E-state index < -0.39 is 24.5 Å². The Kier molecular flexibility index (Phi) is 5.56. The van der Waals surface area contributed by atoms with Crippen LogP contribution in [-0.4, -0.2) is 48.3 Å². The Bertz CT molecular complexity index is 925. The topological polar surface area (TPSA) is 102 Å². The molecule has 1 saturated heterocycles. The summed E-state index contributed by atoms with van der Waals surface area (Å²) in [6.45, 7) is 2.99. The van der Waals surface area contributed by atoms with Crippen LogP contribution in [0.4, 0.5) is 5.69 Å². The molecule has 4 rings (SSSR count). The number of rotatable bonds is 7. The molecule has 5 atom stereocenters. The first-order chi connectivity index (χ1) is 14.8. The predicted octanol–water partition coefficient (Wildman–Crippen LogP) is 2.01. The fourth-order valence-electron chi connectivity index (χ4n) is 5.00. The van der Waals surface area contributed by atoms with E-state index in [2.05, 4.69) is 5.32 Å². The van der Waals surface area contributed by atoms with Crippen LogP contribution in [0.15, 0.2) is 36.4 Å². The van der Waals surface area contributed by atoms with Crippen molar-refractivity contribution in [3.05, 3.63) is 36.4 Å². The van der Waals surface area contributed by atoms with E-state index in [9.17, 15) is 19.2 Å². The molecule has 2 fully saturated rings. The van der Waals surface area contributed by atoms with Gasteiger partial charge < -0.3 is 14.8 Å². The van der Waals surface area contributed by atoms with Crippen molar-refractivity contribution in [2.45, 2.75) is 26.3 Å². The van der Waals surface area contributed by atoms with Crippen LogP contribution in [0.25, 0.3) is 0 Å². The molecule has 2 aliphatic carbocycles. The SMILES string of the molecule is COc1cccc(NC(=O)COC(=O)[C@H](C(C)C)N2C(=O)[C@@H]3[C@@H](C2=O)[C@H]2C=C[C@H]3C2)c1. The normalized spacial score (nSPS) is 26.9. The van der Waals surface area contributed by atoms with Gasteiger partial charge in [0.15, 0.2) is 6.61 Å². The van der Waals surface area contributed by atoms with Crippen LogP contribution in [0.5, 0.6) is 5.75 Å². The van der Waals surface area contributed by atoms with Gasteiger partial charge in [0, 0.05) is 11.8 Å². The fraction of sp³-hybridized carbons (Fsp3) is 0.478. The van der Waals surface area contributed by atoms with E-state index in [1.807, 2.05) is 12.2 Å². The van der Waals surface area contributed by atoms with Gasteiger partial charge in [-0.2, -0.15) is 0 Å². The summed E-state index contributed by atoms with van der Waals surface area (Å²) >= 11 is 0. The predicted molar refractivity (Wildman–Crippen MR) is 111 cm³/mol. The Balaban J connectivity index is 1.41. The third-order valence-corrected chi connectivity index (χ3v) is 6.35. The summed E-state index contributed by atoms with van der Waals surface area (Å²) in [4.78, 5) is 52.3. The Labute approximate surface area is 180 Å². The molecule has 1 saturated carbocycles. The lowest BCUT2D eigenvalue weighted by Gasteiger charge is -2.28. The monoisotopic (exact) mass is 426 g/mol. The minimum atomic E-state index is -1.05. The van der Waals surface area contributed by atoms with Crippen LogP contribution >= 0.6 is 0 Å². The number of anilines is 1. The van der Waals surface area contributed by atoms with Crippen molar-refractivity contribution in [3.8, 4) is 5.75 Å². The maximum absolute atomic E-state index is 13.0. The third kappa shape index (κ3) is 3.71. The van der Waals surface area contributed by atoms with Gasteiger partial charge in [-0.25, -0.2) is 4.79 Å². The molecule has 3 aliphatic rings. The Morgan fingerprint density at radius 2 is 1.77 bits per heavy atom. The summed E-state index contributed by atoms with van der Waals surface area (Å²) in [5.41, 5.74) is 0.501. The number of benzene rings is 1. The molecule has 31 heavy (non-hydrogen) atoms. The van der Waals surface area contributed by atoms with Crippen molar-refractivity contribution < 1.29 is 28.7 Å². The summed E-state index contributed by atoms with van der Waals surface area (Å²) in [5.74, 6) is -2.28. The molecular formula is C23H26N2O6. The smallest absolute Gasteiger partial charge is 0.330 e. The van der Waals surface area contributed by atoms with Gasteiger partial charge in [0.25, 0.3) is 5.91 Å². The molecule has 0 aromatic heterocycles. The van der Waals surface area contributed by atoms with Crippen LogP contribution in [0.1, 0.15) is 20.3 Å². The number of allylic oxidation sites excluding steroid dienone is 2. The summed E-state index contributed by atoms with van der Waals surface area (Å²) < 4.78 is 10.3. The zero-order valence-corrected chi connectivity index (χ0v) is 17.7. The first-order valence-corrected chi connectivity index (χ1v) is 10.5. The standard InChI is InChI=1S/C23H26N2O6/c1-12(2)20(25-21(27)18-13-7-8-14(9-13)19(18)22(25)28)23(29)31-11-17(26)24-15-5-4-6-16(10-15)30-3/h4-8,10,12-14,18-20H,9,11H2,1-3H3,(H,24,26)/t13-,14-,18-,19-,20-/m0/s1. The molecular weight excluding hydrogens is 400 g/mol. The molecule has 1 aliphatic heterocycles. The molecule has 8 heteroatoms. The van der Waals surface area contributed by atoms with Crippen LogP contribution in [0.2, 0.25) is 0 Å². The van der Waals surface area contributed by atoms with E-state index in [1.165, 1.54) is 7.11 Å². The second-order valence-corrected chi connectivity index (χ2v) is 8.62. The number of hydrogen-bond donors (Lipinski definition) is 1. The Morgan fingerprint density at radius 1 is 1.13 bits per heavy atom. The minimum Gasteiger partial charge on any atom is -0.497 e. The van der Waals surface area contributed by atoms with Crippen LogP contribution in [0, 0.1) is 29.6 Å². The number of fused-ring (bicyclic) bond motifs is 5. The van der Waals surface area contributed by atoms with E-state index in [4.69, 9.17) is 9.47 Å². The van der Waals surface area contributed by atoms with E-state index in [0.29, 0.717) is 11.4 Å². The maximum Gasteiger partial charge on any atom is 0.330 e. The largest absolute Gasteiger partial charge is 0.497 e. The summed E-state index contributed by atoms with van der Waals surface area (Å²) in [5, 5.41) is 2.63. The van der Waals surface area contributed by atoms with E-state index >= 15 is 0 Å².